The van der Waals surface area contributed by atoms with Crippen LogP contribution < -0.4 is 15.1 Å². The number of nitrogens with zero attached hydrogens (tertiary/aromatic N) is 1. The van der Waals surface area contributed by atoms with Gasteiger partial charge in [-0.05, 0) is 44.1 Å². The van der Waals surface area contributed by atoms with Gasteiger partial charge in [-0.2, -0.15) is 0 Å². The quantitative estimate of drug-likeness (QED) is 0.263. The third kappa shape index (κ3) is 4.66. The van der Waals surface area contributed by atoms with Gasteiger partial charge in [0.1, 0.15) is 5.69 Å². The van der Waals surface area contributed by atoms with Gasteiger partial charge in [0, 0.05) is 13.1 Å². The average molecular weight is 531 g/mol. The van der Waals surface area contributed by atoms with E-state index < -0.39 is 8.32 Å². The Bertz CT molecular complexity index is 964. The van der Waals surface area contributed by atoms with Crippen LogP contribution in [0.5, 0.6) is 5.75 Å². The minimum Gasteiger partial charge on any atom is -0.424 e. The zero-order valence-corrected chi connectivity index (χ0v) is 20.8. The Balaban J connectivity index is 2.12. The molecule has 1 heterocycles. The number of hydrogen-bond acceptors (Lipinski definition) is 4. The SMILES string of the molecule is CC(=O)Oc1c(I)ccnc1CO[Si](c1ccccc1)(c1ccccc1)C(C)(C)C. The molecule has 3 aromatic rings. The van der Waals surface area contributed by atoms with E-state index in [1.807, 2.05) is 18.2 Å². The molecule has 1 aromatic heterocycles. The van der Waals surface area contributed by atoms with Crippen molar-refractivity contribution in [1.29, 1.82) is 0 Å². The third-order valence-electron chi connectivity index (χ3n) is 5.02. The smallest absolute Gasteiger partial charge is 0.308 e. The standard InChI is InChI=1S/C24H26INO3Si/c1-18(27)29-23-21(25)15-16-26-22(23)17-28-30(24(2,3)4,19-11-7-5-8-12-19)20-13-9-6-10-14-20/h5-16H,17H2,1-4H3. The van der Waals surface area contributed by atoms with E-state index in [0.29, 0.717) is 11.4 Å². The maximum absolute atomic E-state index is 11.6. The zero-order valence-electron chi connectivity index (χ0n) is 17.7. The molecule has 0 aliphatic heterocycles. The van der Waals surface area contributed by atoms with Crippen molar-refractivity contribution in [2.75, 3.05) is 0 Å². The van der Waals surface area contributed by atoms with Crippen LogP contribution in [0.1, 0.15) is 33.4 Å². The first-order valence-electron chi connectivity index (χ1n) is 9.82. The summed E-state index contributed by atoms with van der Waals surface area (Å²) in [5, 5.41) is 2.26. The van der Waals surface area contributed by atoms with E-state index in [0.717, 1.165) is 3.57 Å². The van der Waals surface area contributed by atoms with Crippen molar-refractivity contribution in [1.82, 2.24) is 4.98 Å². The number of aromatic nitrogens is 1. The molecule has 2 aromatic carbocycles. The molecule has 0 fully saturated rings. The second kappa shape index (κ2) is 9.41. The molecule has 0 radical (unpaired) electrons. The first-order valence-corrected chi connectivity index (χ1v) is 12.8. The molecule has 0 aliphatic carbocycles. The number of halogens is 1. The fraction of sp³-hybridized carbons (Fsp3) is 0.250. The number of esters is 1. The predicted octanol–water partition coefficient (Wildman–Crippen LogP) is 4.69. The van der Waals surface area contributed by atoms with Gasteiger partial charge in [-0.15, -0.1) is 0 Å². The van der Waals surface area contributed by atoms with Gasteiger partial charge in [-0.1, -0.05) is 81.4 Å². The molecule has 0 unspecified atom stereocenters. The fourth-order valence-electron chi connectivity index (χ4n) is 3.76. The molecule has 0 N–H and O–H groups in total. The van der Waals surface area contributed by atoms with Crippen LogP contribution in [0, 0.1) is 3.57 Å². The lowest BCUT2D eigenvalue weighted by atomic mass is 10.2. The summed E-state index contributed by atoms with van der Waals surface area (Å²) >= 11 is 2.16. The van der Waals surface area contributed by atoms with E-state index in [4.69, 9.17) is 9.16 Å². The summed E-state index contributed by atoms with van der Waals surface area (Å²) in [5.74, 6) is 0.108. The summed E-state index contributed by atoms with van der Waals surface area (Å²) in [6, 6.07) is 22.7. The molecule has 0 saturated heterocycles. The van der Waals surface area contributed by atoms with Crippen LogP contribution in [0.15, 0.2) is 72.9 Å². The Labute approximate surface area is 192 Å². The van der Waals surface area contributed by atoms with Gasteiger partial charge in [-0.3, -0.25) is 9.78 Å². The van der Waals surface area contributed by atoms with Gasteiger partial charge in [0.05, 0.1) is 10.2 Å². The molecule has 0 bridgehead atoms. The highest BCUT2D eigenvalue weighted by atomic mass is 127. The lowest BCUT2D eigenvalue weighted by molar-refractivity contribution is -0.132. The maximum atomic E-state index is 11.6. The molecular formula is C24H26INO3Si. The summed E-state index contributed by atoms with van der Waals surface area (Å²) in [5.41, 5.74) is 0.630. The van der Waals surface area contributed by atoms with Crippen molar-refractivity contribution in [3.05, 3.63) is 82.2 Å². The second-order valence-corrected chi connectivity index (χ2v) is 13.6. The summed E-state index contributed by atoms with van der Waals surface area (Å²) in [6.07, 6.45) is 1.72. The van der Waals surface area contributed by atoms with E-state index in [-0.39, 0.29) is 17.6 Å². The number of pyridine rings is 1. The number of ether oxygens (including phenoxy) is 1. The highest BCUT2D eigenvalue weighted by Crippen LogP contribution is 2.38. The van der Waals surface area contributed by atoms with Crippen LogP contribution in [0.2, 0.25) is 5.04 Å². The summed E-state index contributed by atoms with van der Waals surface area (Å²) in [7, 11) is -2.70. The van der Waals surface area contributed by atoms with Crippen LogP contribution in [-0.2, 0) is 15.8 Å². The molecule has 30 heavy (non-hydrogen) atoms. The molecular weight excluding hydrogens is 505 g/mol. The van der Waals surface area contributed by atoms with Crippen molar-refractivity contribution in [2.24, 2.45) is 0 Å². The van der Waals surface area contributed by atoms with Gasteiger partial charge in [0.15, 0.2) is 5.75 Å². The van der Waals surface area contributed by atoms with Crippen molar-refractivity contribution < 1.29 is 14.0 Å². The minimum atomic E-state index is -2.70. The van der Waals surface area contributed by atoms with Gasteiger partial charge >= 0.3 is 5.97 Å². The van der Waals surface area contributed by atoms with Crippen LogP contribution >= 0.6 is 22.6 Å². The number of carbonyl (C=O) groups is 1. The number of hydrogen-bond donors (Lipinski definition) is 0. The minimum absolute atomic E-state index is 0.140. The Kier molecular flexibility index (Phi) is 7.10. The van der Waals surface area contributed by atoms with Gasteiger partial charge in [0.2, 0.25) is 0 Å². The third-order valence-corrected chi connectivity index (χ3v) is 10.9. The van der Waals surface area contributed by atoms with E-state index in [9.17, 15) is 4.79 Å². The van der Waals surface area contributed by atoms with Crippen LogP contribution in [-0.4, -0.2) is 19.3 Å². The molecule has 0 aliphatic rings. The highest BCUT2D eigenvalue weighted by Gasteiger charge is 2.50. The average Bonchev–Trinajstić information content (AvgIpc) is 2.71. The Morgan fingerprint density at radius 3 is 1.97 bits per heavy atom. The van der Waals surface area contributed by atoms with E-state index >= 15 is 0 Å². The number of benzene rings is 2. The predicted molar refractivity (Wildman–Crippen MR) is 131 cm³/mol. The molecule has 6 heteroatoms. The first kappa shape index (κ1) is 22.6. The number of rotatable bonds is 6. The Morgan fingerprint density at radius 2 is 1.50 bits per heavy atom. The van der Waals surface area contributed by atoms with Gasteiger partial charge in [0.25, 0.3) is 8.32 Å². The highest BCUT2D eigenvalue weighted by molar-refractivity contribution is 14.1. The van der Waals surface area contributed by atoms with Gasteiger partial charge < -0.3 is 9.16 Å². The van der Waals surface area contributed by atoms with Crippen molar-refractivity contribution in [3.63, 3.8) is 0 Å². The molecule has 0 spiro atoms. The van der Waals surface area contributed by atoms with Crippen LogP contribution in [0.3, 0.4) is 0 Å². The van der Waals surface area contributed by atoms with Crippen molar-refractivity contribution in [2.45, 2.75) is 39.3 Å². The molecule has 4 nitrogen and oxygen atoms in total. The van der Waals surface area contributed by atoms with E-state index in [2.05, 4.69) is 96.9 Å². The topological polar surface area (TPSA) is 48.4 Å². The van der Waals surface area contributed by atoms with E-state index in [1.165, 1.54) is 17.3 Å². The normalized spacial score (nSPS) is 11.9. The fourth-order valence-corrected chi connectivity index (χ4v) is 8.85. The summed E-state index contributed by atoms with van der Waals surface area (Å²) < 4.78 is 13.2. The van der Waals surface area contributed by atoms with Crippen molar-refractivity contribution >= 4 is 47.3 Å². The Hall–Kier alpha value is -2.03. The Morgan fingerprint density at radius 1 is 0.967 bits per heavy atom. The van der Waals surface area contributed by atoms with Crippen LogP contribution in [0.4, 0.5) is 0 Å². The summed E-state index contributed by atoms with van der Waals surface area (Å²) in [4.78, 5) is 16.1. The zero-order chi connectivity index (χ0) is 21.8. The van der Waals surface area contributed by atoms with E-state index in [1.54, 1.807) is 6.20 Å². The lowest BCUT2D eigenvalue weighted by Crippen LogP contribution is -2.66. The first-order chi connectivity index (χ1) is 14.3. The van der Waals surface area contributed by atoms with Gasteiger partial charge in [-0.25, -0.2) is 0 Å². The molecule has 156 valence electrons. The summed E-state index contributed by atoms with van der Waals surface area (Å²) in [6.45, 7) is 8.35. The lowest BCUT2D eigenvalue weighted by Gasteiger charge is -2.43. The maximum Gasteiger partial charge on any atom is 0.308 e. The largest absolute Gasteiger partial charge is 0.424 e. The monoisotopic (exact) mass is 531 g/mol. The molecule has 0 saturated carbocycles. The van der Waals surface area contributed by atoms with Crippen molar-refractivity contribution in [3.8, 4) is 5.75 Å². The van der Waals surface area contributed by atoms with Crippen LogP contribution in [0.25, 0.3) is 0 Å². The number of carbonyl (C=O) groups excluding carboxylic acids is 1. The second-order valence-electron chi connectivity index (χ2n) is 8.11. The molecule has 0 amide bonds. The molecule has 0 atom stereocenters. The molecule has 3 rings (SSSR count).